The van der Waals surface area contributed by atoms with E-state index in [2.05, 4.69) is 99.5 Å². The molecule has 0 unspecified atom stereocenters. The topological polar surface area (TPSA) is 3.88 Å². The van der Waals surface area contributed by atoms with Gasteiger partial charge in [0, 0.05) is 22.2 Å². The minimum absolute atomic E-state index is 0.904. The highest BCUT2D eigenvalue weighted by Crippen LogP contribution is 2.18. The highest BCUT2D eigenvalue weighted by molar-refractivity contribution is 9.10. The molecule has 0 aliphatic carbocycles. The van der Waals surface area contributed by atoms with Gasteiger partial charge in [-0.1, -0.05) is 70.5 Å². The highest BCUT2D eigenvalue weighted by Gasteiger charge is 2.12. The first-order valence-electron chi connectivity index (χ1n) is 7.07. The molecule has 0 N–H and O–H groups in total. The summed E-state index contributed by atoms with van der Waals surface area (Å²) in [5.41, 5.74) is 3.95. The van der Waals surface area contributed by atoms with Crippen LogP contribution in [0.5, 0.6) is 0 Å². The lowest BCUT2D eigenvalue weighted by Gasteiger charge is -2.06. The Bertz CT molecular complexity index is 722. The normalized spacial score (nSPS) is 10.5. The Hall–Kier alpha value is -1.93. The van der Waals surface area contributed by atoms with Crippen LogP contribution in [0.4, 0.5) is 0 Å². The molecule has 0 radical (unpaired) electrons. The summed E-state index contributed by atoms with van der Waals surface area (Å²) in [5.74, 6) is 0. The Balaban J connectivity index is 1.88. The average Bonchev–Trinajstić information content (AvgIpc) is 2.52. The van der Waals surface area contributed by atoms with Gasteiger partial charge < -0.3 is 0 Å². The van der Waals surface area contributed by atoms with Crippen LogP contribution >= 0.6 is 15.9 Å². The number of benzene rings is 2. The standard InChI is InChI=1S/C19H17BrN/c20-19-12-5-4-10-17(19)14-18-11-6-7-13-21(18)15-16-8-2-1-3-9-16/h1-13H,14-15H2/q+1. The first kappa shape index (κ1) is 14.0. The molecule has 0 saturated heterocycles. The van der Waals surface area contributed by atoms with Crippen LogP contribution in [0.2, 0.25) is 0 Å². The minimum Gasteiger partial charge on any atom is -0.198 e. The van der Waals surface area contributed by atoms with Crippen molar-refractivity contribution in [3.05, 3.63) is 100 Å². The molecule has 1 aromatic heterocycles. The van der Waals surface area contributed by atoms with Crippen LogP contribution in [0.1, 0.15) is 16.8 Å². The molecule has 3 aromatic rings. The Morgan fingerprint density at radius 2 is 1.48 bits per heavy atom. The highest BCUT2D eigenvalue weighted by atomic mass is 79.9. The largest absolute Gasteiger partial charge is 0.198 e. The molecule has 0 amide bonds. The molecular weight excluding hydrogens is 322 g/mol. The Kier molecular flexibility index (Phi) is 4.46. The van der Waals surface area contributed by atoms with Crippen LogP contribution in [-0.2, 0) is 13.0 Å². The van der Waals surface area contributed by atoms with Gasteiger partial charge in [-0.3, -0.25) is 0 Å². The SMILES string of the molecule is Brc1ccccc1Cc1cccc[n+]1Cc1ccccc1. The van der Waals surface area contributed by atoms with Crippen LogP contribution in [0.25, 0.3) is 0 Å². The molecule has 0 saturated carbocycles. The van der Waals surface area contributed by atoms with E-state index in [0.717, 1.165) is 13.0 Å². The molecule has 2 heteroatoms. The number of nitrogens with zero attached hydrogens (tertiary/aromatic N) is 1. The van der Waals surface area contributed by atoms with E-state index >= 15 is 0 Å². The van der Waals surface area contributed by atoms with Crippen LogP contribution < -0.4 is 4.57 Å². The molecule has 0 spiro atoms. The van der Waals surface area contributed by atoms with Gasteiger partial charge in [-0.2, -0.15) is 4.57 Å². The number of hydrogen-bond donors (Lipinski definition) is 0. The van der Waals surface area contributed by atoms with Crippen LogP contribution in [-0.4, -0.2) is 0 Å². The number of rotatable bonds is 4. The van der Waals surface area contributed by atoms with E-state index in [1.165, 1.54) is 21.3 Å². The summed E-state index contributed by atoms with van der Waals surface area (Å²) >= 11 is 3.64. The zero-order valence-electron chi connectivity index (χ0n) is 11.7. The van der Waals surface area contributed by atoms with Crippen LogP contribution in [0, 0.1) is 0 Å². The van der Waals surface area contributed by atoms with Crippen molar-refractivity contribution < 1.29 is 4.57 Å². The third kappa shape index (κ3) is 3.59. The molecule has 0 fully saturated rings. The second kappa shape index (κ2) is 6.68. The van der Waals surface area contributed by atoms with E-state index in [-0.39, 0.29) is 0 Å². The first-order valence-corrected chi connectivity index (χ1v) is 7.87. The minimum atomic E-state index is 0.904. The lowest BCUT2D eigenvalue weighted by Crippen LogP contribution is -2.38. The third-order valence-electron chi connectivity index (χ3n) is 3.56. The molecule has 0 bridgehead atoms. The monoisotopic (exact) mass is 338 g/mol. The van der Waals surface area contributed by atoms with Crippen molar-refractivity contribution in [3.63, 3.8) is 0 Å². The zero-order chi connectivity index (χ0) is 14.5. The summed E-state index contributed by atoms with van der Waals surface area (Å²) in [6.07, 6.45) is 3.08. The maximum Gasteiger partial charge on any atom is 0.186 e. The first-order chi connectivity index (χ1) is 10.3. The van der Waals surface area contributed by atoms with Gasteiger partial charge in [0.1, 0.15) is 0 Å². The second-order valence-corrected chi connectivity index (χ2v) is 5.93. The molecule has 0 aliphatic heterocycles. The number of halogens is 1. The van der Waals surface area contributed by atoms with Gasteiger partial charge in [-0.05, 0) is 11.6 Å². The molecule has 21 heavy (non-hydrogen) atoms. The Morgan fingerprint density at radius 3 is 2.29 bits per heavy atom. The molecule has 1 nitrogen and oxygen atoms in total. The molecule has 3 rings (SSSR count). The zero-order valence-corrected chi connectivity index (χ0v) is 13.3. The summed E-state index contributed by atoms with van der Waals surface area (Å²) in [4.78, 5) is 0. The quantitative estimate of drug-likeness (QED) is 0.621. The van der Waals surface area contributed by atoms with Crippen molar-refractivity contribution in [2.45, 2.75) is 13.0 Å². The average molecular weight is 339 g/mol. The van der Waals surface area contributed by atoms with E-state index in [4.69, 9.17) is 0 Å². The second-order valence-electron chi connectivity index (χ2n) is 5.07. The summed E-state index contributed by atoms with van der Waals surface area (Å²) in [6.45, 7) is 0.904. The summed E-state index contributed by atoms with van der Waals surface area (Å²) in [6, 6.07) is 25.4. The van der Waals surface area contributed by atoms with Crippen molar-refractivity contribution >= 4 is 15.9 Å². The third-order valence-corrected chi connectivity index (χ3v) is 4.33. The predicted molar refractivity (Wildman–Crippen MR) is 89.1 cm³/mol. The number of aromatic nitrogens is 1. The van der Waals surface area contributed by atoms with Crippen molar-refractivity contribution in [2.75, 3.05) is 0 Å². The summed E-state index contributed by atoms with van der Waals surface area (Å²) in [5, 5.41) is 0. The van der Waals surface area contributed by atoms with Gasteiger partial charge in [-0.25, -0.2) is 0 Å². The molecule has 0 aliphatic rings. The molecule has 2 aromatic carbocycles. The fourth-order valence-corrected chi connectivity index (χ4v) is 2.87. The van der Waals surface area contributed by atoms with Crippen molar-refractivity contribution in [1.29, 1.82) is 0 Å². The maximum absolute atomic E-state index is 3.64. The van der Waals surface area contributed by atoms with Crippen molar-refractivity contribution in [3.8, 4) is 0 Å². The van der Waals surface area contributed by atoms with E-state index in [9.17, 15) is 0 Å². The van der Waals surface area contributed by atoms with Crippen molar-refractivity contribution in [1.82, 2.24) is 0 Å². The van der Waals surface area contributed by atoms with Gasteiger partial charge >= 0.3 is 0 Å². The van der Waals surface area contributed by atoms with E-state index in [1.807, 2.05) is 0 Å². The van der Waals surface area contributed by atoms with E-state index in [1.54, 1.807) is 0 Å². The van der Waals surface area contributed by atoms with Crippen molar-refractivity contribution in [2.24, 2.45) is 0 Å². The fourth-order valence-electron chi connectivity index (χ4n) is 2.44. The Morgan fingerprint density at radius 1 is 0.762 bits per heavy atom. The Labute approximate surface area is 134 Å². The lowest BCUT2D eigenvalue weighted by molar-refractivity contribution is -0.695. The summed E-state index contributed by atoms with van der Waals surface area (Å²) in [7, 11) is 0. The molecular formula is C19H17BrN+. The fraction of sp³-hybridized carbons (Fsp3) is 0.105. The van der Waals surface area contributed by atoms with E-state index in [0.29, 0.717) is 0 Å². The summed E-state index contributed by atoms with van der Waals surface area (Å²) < 4.78 is 3.48. The van der Waals surface area contributed by atoms with Gasteiger partial charge in [0.25, 0.3) is 0 Å². The molecule has 0 atom stereocenters. The van der Waals surface area contributed by atoms with Gasteiger partial charge in [-0.15, -0.1) is 0 Å². The molecule has 1 heterocycles. The molecule has 104 valence electrons. The van der Waals surface area contributed by atoms with Gasteiger partial charge in [0.2, 0.25) is 0 Å². The predicted octanol–water partition coefficient (Wildman–Crippen LogP) is 4.38. The van der Waals surface area contributed by atoms with Crippen LogP contribution in [0.3, 0.4) is 0 Å². The van der Waals surface area contributed by atoms with Gasteiger partial charge in [0.05, 0.1) is 6.42 Å². The van der Waals surface area contributed by atoms with Crippen LogP contribution in [0.15, 0.2) is 83.5 Å². The lowest BCUT2D eigenvalue weighted by atomic mass is 10.1. The van der Waals surface area contributed by atoms with Gasteiger partial charge in [0.15, 0.2) is 18.4 Å². The maximum atomic E-state index is 3.64. The number of hydrogen-bond acceptors (Lipinski definition) is 0. The van der Waals surface area contributed by atoms with E-state index < -0.39 is 0 Å². The smallest absolute Gasteiger partial charge is 0.186 e. The number of pyridine rings is 1.